The van der Waals surface area contributed by atoms with Gasteiger partial charge in [0.1, 0.15) is 11.1 Å². The highest BCUT2D eigenvalue weighted by atomic mass is 35.5. The summed E-state index contributed by atoms with van der Waals surface area (Å²) in [7, 11) is 0. The molecule has 0 radical (unpaired) electrons. The lowest BCUT2D eigenvalue weighted by atomic mass is 10.0. The zero-order valence-corrected chi connectivity index (χ0v) is 17.3. The number of nitrogens with zero attached hydrogens (tertiary/aromatic N) is 2. The summed E-state index contributed by atoms with van der Waals surface area (Å²) in [6.45, 7) is 3.48. The molecule has 0 saturated carbocycles. The maximum Gasteiger partial charge on any atom is 0.288 e. The average Bonchev–Trinajstić information content (AvgIpc) is 2.72. The van der Waals surface area contributed by atoms with Crippen molar-refractivity contribution in [2.24, 2.45) is 5.92 Å². The van der Waals surface area contributed by atoms with Gasteiger partial charge in [0.05, 0.1) is 22.2 Å². The summed E-state index contributed by atoms with van der Waals surface area (Å²) in [6, 6.07) is 7.37. The number of aromatic amines is 1. The molecule has 2 aromatic carbocycles. The molecule has 11 heteroatoms. The van der Waals surface area contributed by atoms with Crippen LogP contribution in [-0.2, 0) is 4.79 Å². The molecular formula is C20H18ClN5O5. The van der Waals surface area contributed by atoms with Gasteiger partial charge in [0.15, 0.2) is 0 Å². The number of hydrogen-bond acceptors (Lipinski definition) is 6. The van der Waals surface area contributed by atoms with Crippen molar-refractivity contribution >= 4 is 45.7 Å². The topological polar surface area (TPSA) is 147 Å². The Morgan fingerprint density at radius 1 is 1.19 bits per heavy atom. The number of nitro groups is 1. The molecule has 1 heterocycles. The third-order valence-corrected chi connectivity index (χ3v) is 4.87. The number of H-pyrrole nitrogens is 1. The molecule has 160 valence electrons. The largest absolute Gasteiger partial charge is 0.340 e. The number of nitrogens with one attached hydrogen (secondary N) is 3. The molecule has 31 heavy (non-hydrogen) atoms. The molecule has 3 N–H and O–H groups in total. The highest BCUT2D eigenvalue weighted by Gasteiger charge is 2.26. The van der Waals surface area contributed by atoms with Gasteiger partial charge >= 0.3 is 0 Å². The van der Waals surface area contributed by atoms with E-state index in [1.807, 2.05) is 0 Å². The number of amides is 2. The van der Waals surface area contributed by atoms with E-state index in [0.717, 1.165) is 6.07 Å². The summed E-state index contributed by atoms with van der Waals surface area (Å²) in [5, 5.41) is 16.5. The molecule has 0 saturated heterocycles. The Kier molecular flexibility index (Phi) is 6.30. The Morgan fingerprint density at radius 3 is 2.61 bits per heavy atom. The number of hydrogen-bond donors (Lipinski definition) is 3. The van der Waals surface area contributed by atoms with Crippen LogP contribution in [0.4, 0.5) is 11.4 Å². The number of fused-ring (bicyclic) bond motifs is 1. The Labute approximate surface area is 180 Å². The van der Waals surface area contributed by atoms with E-state index in [0.29, 0.717) is 16.6 Å². The number of rotatable bonds is 6. The Morgan fingerprint density at radius 2 is 1.94 bits per heavy atom. The van der Waals surface area contributed by atoms with Gasteiger partial charge in [-0.3, -0.25) is 24.5 Å². The van der Waals surface area contributed by atoms with Crippen LogP contribution in [0.2, 0.25) is 5.02 Å². The molecule has 3 rings (SSSR count). The van der Waals surface area contributed by atoms with Gasteiger partial charge in [-0.15, -0.1) is 0 Å². The van der Waals surface area contributed by atoms with Gasteiger partial charge in [-0.2, -0.15) is 0 Å². The third kappa shape index (κ3) is 4.86. The highest BCUT2D eigenvalue weighted by Crippen LogP contribution is 2.25. The van der Waals surface area contributed by atoms with Crippen molar-refractivity contribution in [2.75, 3.05) is 5.32 Å². The lowest BCUT2D eigenvalue weighted by molar-refractivity contribution is -0.384. The average molecular weight is 444 g/mol. The van der Waals surface area contributed by atoms with Crippen molar-refractivity contribution in [1.82, 2.24) is 15.3 Å². The number of carbonyl (C=O) groups is 2. The van der Waals surface area contributed by atoms with Gasteiger partial charge in [0, 0.05) is 17.3 Å². The second kappa shape index (κ2) is 8.92. The first-order valence-electron chi connectivity index (χ1n) is 9.20. The van der Waals surface area contributed by atoms with E-state index in [2.05, 4.69) is 20.6 Å². The van der Waals surface area contributed by atoms with Crippen LogP contribution in [0.25, 0.3) is 10.9 Å². The van der Waals surface area contributed by atoms with Crippen LogP contribution in [0.1, 0.15) is 24.2 Å². The van der Waals surface area contributed by atoms with Crippen molar-refractivity contribution < 1.29 is 14.5 Å². The molecule has 0 spiro atoms. The highest BCUT2D eigenvalue weighted by molar-refractivity contribution is 6.32. The van der Waals surface area contributed by atoms with Crippen LogP contribution in [0.5, 0.6) is 0 Å². The molecular weight excluding hydrogens is 426 g/mol. The number of nitro benzene ring substituents is 1. The van der Waals surface area contributed by atoms with E-state index in [1.165, 1.54) is 24.5 Å². The minimum Gasteiger partial charge on any atom is -0.340 e. The van der Waals surface area contributed by atoms with E-state index >= 15 is 0 Å². The van der Waals surface area contributed by atoms with E-state index < -0.39 is 28.5 Å². The number of anilines is 1. The molecule has 2 amide bonds. The lowest BCUT2D eigenvalue weighted by Gasteiger charge is -2.22. The van der Waals surface area contributed by atoms with Crippen LogP contribution in [0.15, 0.2) is 47.5 Å². The fraction of sp³-hybridized carbons (Fsp3) is 0.200. The summed E-state index contributed by atoms with van der Waals surface area (Å²) in [5.41, 5.74) is 0.0738. The molecule has 3 aromatic rings. The Bertz CT molecular complexity index is 1240. The second-order valence-electron chi connectivity index (χ2n) is 7.07. The molecule has 0 bridgehead atoms. The Hall–Kier alpha value is -3.79. The lowest BCUT2D eigenvalue weighted by Crippen LogP contribution is -2.47. The maximum absolute atomic E-state index is 12.8. The Balaban J connectivity index is 1.80. The van der Waals surface area contributed by atoms with Crippen molar-refractivity contribution in [3.8, 4) is 0 Å². The summed E-state index contributed by atoms with van der Waals surface area (Å²) in [5.74, 6) is -1.46. The SMILES string of the molecule is CC(C)C(NC(=O)c1ccc(Cl)c([N+](=O)[O-])c1)C(=O)Nc1ccc2nc[nH]c(=O)c2c1. The number of halogens is 1. The van der Waals surface area contributed by atoms with E-state index in [9.17, 15) is 24.5 Å². The number of carbonyl (C=O) groups excluding carboxylic acids is 2. The fourth-order valence-corrected chi connectivity index (χ4v) is 3.11. The fourth-order valence-electron chi connectivity index (χ4n) is 2.92. The summed E-state index contributed by atoms with van der Waals surface area (Å²) < 4.78 is 0. The summed E-state index contributed by atoms with van der Waals surface area (Å²) in [6.07, 6.45) is 1.29. The van der Waals surface area contributed by atoms with Crippen molar-refractivity contribution in [3.63, 3.8) is 0 Å². The standard InChI is InChI=1S/C20H18ClN5O5/c1-10(2)17(25-18(27)11-3-5-14(21)16(7-11)26(30)31)20(29)24-12-4-6-15-13(8-12)19(28)23-9-22-15/h3-10,17H,1-2H3,(H,24,29)(H,25,27)(H,22,23,28). The van der Waals surface area contributed by atoms with Gasteiger partial charge in [0.25, 0.3) is 17.2 Å². The molecule has 1 aromatic heterocycles. The maximum atomic E-state index is 12.8. The minimum atomic E-state index is -0.940. The number of benzene rings is 2. The molecule has 10 nitrogen and oxygen atoms in total. The van der Waals surface area contributed by atoms with Crippen molar-refractivity contribution in [3.05, 3.63) is 73.8 Å². The molecule has 1 unspecified atom stereocenters. The van der Waals surface area contributed by atoms with Crippen LogP contribution >= 0.6 is 11.6 Å². The van der Waals surface area contributed by atoms with Gasteiger partial charge in [0.2, 0.25) is 5.91 Å². The molecule has 0 aliphatic rings. The number of aromatic nitrogens is 2. The van der Waals surface area contributed by atoms with Crippen LogP contribution in [-0.4, -0.2) is 32.7 Å². The van der Waals surface area contributed by atoms with Crippen LogP contribution in [0.3, 0.4) is 0 Å². The zero-order valence-electron chi connectivity index (χ0n) is 16.5. The quantitative estimate of drug-likeness (QED) is 0.394. The van der Waals surface area contributed by atoms with Gasteiger partial charge in [-0.05, 0) is 36.2 Å². The van der Waals surface area contributed by atoms with Crippen LogP contribution < -0.4 is 16.2 Å². The first kappa shape index (κ1) is 21.9. The molecule has 0 aliphatic carbocycles. The zero-order chi connectivity index (χ0) is 22.7. The second-order valence-corrected chi connectivity index (χ2v) is 7.48. The van der Waals surface area contributed by atoms with Gasteiger partial charge < -0.3 is 15.6 Å². The molecule has 0 fully saturated rings. The summed E-state index contributed by atoms with van der Waals surface area (Å²) >= 11 is 5.78. The predicted molar refractivity (Wildman–Crippen MR) is 115 cm³/mol. The third-order valence-electron chi connectivity index (χ3n) is 4.55. The van der Waals surface area contributed by atoms with E-state index in [1.54, 1.807) is 26.0 Å². The van der Waals surface area contributed by atoms with Gasteiger partial charge in [-0.25, -0.2) is 4.98 Å². The first-order chi connectivity index (χ1) is 14.7. The van der Waals surface area contributed by atoms with E-state index in [-0.39, 0.29) is 22.1 Å². The molecule has 1 atom stereocenters. The monoisotopic (exact) mass is 443 g/mol. The summed E-state index contributed by atoms with van der Waals surface area (Å²) in [4.78, 5) is 54.2. The predicted octanol–water partition coefficient (Wildman–Crippen LogP) is 2.88. The van der Waals surface area contributed by atoms with Crippen molar-refractivity contribution in [1.29, 1.82) is 0 Å². The minimum absolute atomic E-state index is 0.00198. The molecule has 0 aliphatic heterocycles. The van der Waals surface area contributed by atoms with E-state index in [4.69, 9.17) is 11.6 Å². The van der Waals surface area contributed by atoms with Crippen LogP contribution in [0, 0.1) is 16.0 Å². The van der Waals surface area contributed by atoms with Gasteiger partial charge in [-0.1, -0.05) is 25.4 Å². The normalized spacial score (nSPS) is 11.9. The van der Waals surface area contributed by atoms with Crippen molar-refractivity contribution in [2.45, 2.75) is 19.9 Å². The first-order valence-corrected chi connectivity index (χ1v) is 9.58. The smallest absolute Gasteiger partial charge is 0.288 e.